The molecule has 2 aromatic carbocycles. The molecular formula is C18H13ClN4O4. The highest BCUT2D eigenvalue weighted by atomic mass is 35.5. The van der Waals surface area contributed by atoms with Crippen LogP contribution in [0.5, 0.6) is 0 Å². The van der Waals surface area contributed by atoms with Gasteiger partial charge in [0.25, 0.3) is 0 Å². The molecule has 0 atom stereocenters. The van der Waals surface area contributed by atoms with Gasteiger partial charge in [-0.05, 0) is 42.5 Å². The normalized spacial score (nSPS) is 10.7. The van der Waals surface area contributed by atoms with Gasteiger partial charge in [0.15, 0.2) is 5.76 Å². The maximum Gasteiger partial charge on any atom is 0.433 e. The topological polar surface area (TPSA) is 101 Å². The number of nitrogens with zero attached hydrogens (tertiary/aromatic N) is 3. The molecule has 0 saturated carbocycles. The minimum atomic E-state index is -0.653. The van der Waals surface area contributed by atoms with Crippen LogP contribution in [0.15, 0.2) is 76.2 Å². The molecule has 8 nitrogen and oxygen atoms in total. The number of hydrogen-bond donors (Lipinski definition) is 1. The van der Waals surface area contributed by atoms with Gasteiger partial charge in [-0.25, -0.2) is 4.79 Å². The van der Waals surface area contributed by atoms with Crippen LogP contribution in [0.2, 0.25) is 5.02 Å². The molecule has 0 unspecified atom stereocenters. The lowest BCUT2D eigenvalue weighted by Gasteiger charge is -2.17. The Hall–Kier alpha value is -3.65. The van der Waals surface area contributed by atoms with E-state index in [1.54, 1.807) is 54.6 Å². The number of rotatable bonds is 5. The molecule has 3 rings (SSSR count). The molecule has 0 aliphatic carbocycles. The molecule has 0 aliphatic rings. The summed E-state index contributed by atoms with van der Waals surface area (Å²) in [5.41, 5.74) is 1.04. The second-order valence-electron chi connectivity index (χ2n) is 5.26. The van der Waals surface area contributed by atoms with Gasteiger partial charge in [0.1, 0.15) is 4.92 Å². The number of benzene rings is 2. The molecule has 27 heavy (non-hydrogen) atoms. The Labute approximate surface area is 158 Å². The van der Waals surface area contributed by atoms with Crippen LogP contribution in [-0.4, -0.2) is 17.2 Å². The van der Waals surface area contributed by atoms with Crippen molar-refractivity contribution >= 4 is 41.1 Å². The van der Waals surface area contributed by atoms with Gasteiger partial charge >= 0.3 is 11.9 Å². The molecule has 0 aliphatic heterocycles. The maximum atomic E-state index is 12.7. The van der Waals surface area contributed by atoms with E-state index < -0.39 is 16.8 Å². The summed E-state index contributed by atoms with van der Waals surface area (Å²) in [5, 5.41) is 19.2. The summed E-state index contributed by atoms with van der Waals surface area (Å²) in [5.74, 6) is -0.268. The molecule has 0 bridgehead atoms. The van der Waals surface area contributed by atoms with Crippen LogP contribution in [0.4, 0.5) is 22.1 Å². The van der Waals surface area contributed by atoms with E-state index in [9.17, 15) is 14.9 Å². The number of halogens is 1. The van der Waals surface area contributed by atoms with Crippen LogP contribution in [0, 0.1) is 10.1 Å². The first-order valence-corrected chi connectivity index (χ1v) is 8.10. The van der Waals surface area contributed by atoms with Crippen LogP contribution in [0.3, 0.4) is 0 Å². The number of carbonyl (C=O) groups is 1. The fraction of sp³-hybridized carbons (Fsp3) is 0. The summed E-state index contributed by atoms with van der Waals surface area (Å²) in [4.78, 5) is 22.7. The first-order valence-electron chi connectivity index (χ1n) is 7.73. The van der Waals surface area contributed by atoms with Crippen LogP contribution in [0.1, 0.15) is 5.76 Å². The van der Waals surface area contributed by atoms with Crippen molar-refractivity contribution in [3.05, 3.63) is 87.6 Å². The Bertz CT molecular complexity index is 971. The van der Waals surface area contributed by atoms with Crippen molar-refractivity contribution in [2.75, 3.05) is 10.3 Å². The Morgan fingerprint density at radius 2 is 1.81 bits per heavy atom. The quantitative estimate of drug-likeness (QED) is 0.383. The fourth-order valence-electron chi connectivity index (χ4n) is 2.14. The highest BCUT2D eigenvalue weighted by Crippen LogP contribution is 2.19. The number of hydrogen-bond acceptors (Lipinski definition) is 5. The summed E-state index contributed by atoms with van der Waals surface area (Å²) in [7, 11) is 0. The van der Waals surface area contributed by atoms with Crippen molar-refractivity contribution < 1.29 is 14.1 Å². The van der Waals surface area contributed by atoms with Gasteiger partial charge in [-0.3, -0.25) is 10.1 Å². The van der Waals surface area contributed by atoms with E-state index in [1.807, 2.05) is 0 Å². The van der Waals surface area contributed by atoms with Crippen LogP contribution in [0.25, 0.3) is 0 Å². The van der Waals surface area contributed by atoms with E-state index in [4.69, 9.17) is 16.0 Å². The van der Waals surface area contributed by atoms with Crippen molar-refractivity contribution in [3.8, 4) is 0 Å². The molecule has 9 heteroatoms. The van der Waals surface area contributed by atoms with E-state index in [0.29, 0.717) is 16.4 Å². The zero-order valence-corrected chi connectivity index (χ0v) is 14.5. The number of nitro groups is 1. The number of urea groups is 1. The SMILES string of the molecule is O=C(Nc1ccc(Cl)cc1)N(/N=C/c1ccc([N+](=O)[O-])o1)c1ccccc1. The lowest BCUT2D eigenvalue weighted by atomic mass is 10.3. The third kappa shape index (κ3) is 4.71. The highest BCUT2D eigenvalue weighted by molar-refractivity contribution is 6.30. The molecule has 136 valence electrons. The second-order valence-corrected chi connectivity index (χ2v) is 5.70. The van der Waals surface area contributed by atoms with Gasteiger partial charge in [0, 0.05) is 10.7 Å². The summed E-state index contributed by atoms with van der Waals surface area (Å²) < 4.78 is 5.02. The van der Waals surface area contributed by atoms with E-state index in [2.05, 4.69) is 10.4 Å². The van der Waals surface area contributed by atoms with Crippen molar-refractivity contribution in [3.63, 3.8) is 0 Å². The molecule has 0 radical (unpaired) electrons. The summed E-state index contributed by atoms with van der Waals surface area (Å²) >= 11 is 5.84. The first-order chi connectivity index (χ1) is 13.0. The monoisotopic (exact) mass is 384 g/mol. The minimum Gasteiger partial charge on any atom is -0.400 e. The van der Waals surface area contributed by atoms with Crippen LogP contribution in [-0.2, 0) is 0 Å². The maximum absolute atomic E-state index is 12.7. The molecule has 0 saturated heterocycles. The third-order valence-corrected chi connectivity index (χ3v) is 3.63. The number of anilines is 2. The fourth-order valence-corrected chi connectivity index (χ4v) is 2.27. The van der Waals surface area contributed by atoms with Crippen molar-refractivity contribution in [1.82, 2.24) is 0 Å². The number of furan rings is 1. The highest BCUT2D eigenvalue weighted by Gasteiger charge is 2.16. The van der Waals surface area contributed by atoms with E-state index in [0.717, 1.165) is 5.01 Å². The van der Waals surface area contributed by atoms with E-state index in [-0.39, 0.29) is 5.76 Å². The van der Waals surface area contributed by atoms with Gasteiger partial charge in [-0.1, -0.05) is 29.8 Å². The summed E-state index contributed by atoms with van der Waals surface area (Å²) in [6.45, 7) is 0. The van der Waals surface area contributed by atoms with Crippen molar-refractivity contribution in [2.45, 2.75) is 0 Å². The Morgan fingerprint density at radius 1 is 1.11 bits per heavy atom. The number of nitrogens with one attached hydrogen (secondary N) is 1. The largest absolute Gasteiger partial charge is 0.433 e. The first kappa shape index (κ1) is 18.2. The van der Waals surface area contributed by atoms with Crippen molar-refractivity contribution in [1.29, 1.82) is 0 Å². The van der Waals surface area contributed by atoms with Gasteiger partial charge in [0.2, 0.25) is 0 Å². The lowest BCUT2D eigenvalue weighted by molar-refractivity contribution is -0.402. The van der Waals surface area contributed by atoms with Crippen molar-refractivity contribution in [2.24, 2.45) is 5.10 Å². The second kappa shape index (κ2) is 8.15. The van der Waals surface area contributed by atoms with E-state index in [1.165, 1.54) is 18.3 Å². The molecule has 2 amide bonds. The molecule has 3 aromatic rings. The molecule has 1 heterocycles. The number of amides is 2. The third-order valence-electron chi connectivity index (χ3n) is 3.38. The molecule has 0 fully saturated rings. The van der Waals surface area contributed by atoms with Crippen LogP contribution >= 0.6 is 11.6 Å². The van der Waals surface area contributed by atoms with E-state index >= 15 is 0 Å². The predicted molar refractivity (Wildman–Crippen MR) is 102 cm³/mol. The average molecular weight is 385 g/mol. The Morgan fingerprint density at radius 3 is 2.44 bits per heavy atom. The zero-order chi connectivity index (χ0) is 19.2. The van der Waals surface area contributed by atoms with Gasteiger partial charge < -0.3 is 9.73 Å². The molecular weight excluding hydrogens is 372 g/mol. The Kier molecular flexibility index (Phi) is 5.48. The predicted octanol–water partition coefficient (Wildman–Crippen LogP) is 4.91. The summed E-state index contributed by atoms with van der Waals surface area (Å²) in [6.07, 6.45) is 1.22. The zero-order valence-electron chi connectivity index (χ0n) is 13.8. The summed E-state index contributed by atoms with van der Waals surface area (Å²) in [6, 6.07) is 17.4. The van der Waals surface area contributed by atoms with Gasteiger partial charge in [-0.2, -0.15) is 10.1 Å². The standard InChI is InChI=1S/C18H13ClN4O4/c19-13-6-8-14(9-7-13)21-18(24)22(15-4-2-1-3-5-15)20-12-16-10-11-17(27-16)23(25)26/h1-12H,(H,21,24)/b20-12+. The number of para-hydroxylation sites is 1. The van der Waals surface area contributed by atoms with Crippen LogP contribution < -0.4 is 10.3 Å². The van der Waals surface area contributed by atoms with Gasteiger partial charge in [-0.15, -0.1) is 0 Å². The van der Waals surface area contributed by atoms with Gasteiger partial charge in [0.05, 0.1) is 18.0 Å². The average Bonchev–Trinajstić information content (AvgIpc) is 3.14. The minimum absolute atomic E-state index is 0.141. The molecule has 0 spiro atoms. The lowest BCUT2D eigenvalue weighted by Crippen LogP contribution is -2.30. The molecule has 1 N–H and O–H groups in total. The smallest absolute Gasteiger partial charge is 0.400 e. The number of hydrazone groups is 1. The number of carbonyl (C=O) groups excluding carboxylic acids is 1. The molecule has 1 aromatic heterocycles. The Balaban J connectivity index is 1.84.